The highest BCUT2D eigenvalue weighted by atomic mass is 16.5. The largest absolute Gasteiger partial charge is 0.480 e. The predicted molar refractivity (Wildman–Crippen MR) is 83.7 cm³/mol. The summed E-state index contributed by atoms with van der Waals surface area (Å²) in [6.45, 7) is 6.63. The first-order valence-electron chi connectivity index (χ1n) is 6.99. The monoisotopic (exact) mass is 281 g/mol. The molecule has 0 aliphatic carbocycles. The second kappa shape index (κ2) is 4.88. The Bertz CT molecular complexity index is 767. The van der Waals surface area contributed by atoms with Crippen LogP contribution in [-0.4, -0.2) is 21.7 Å². The molecule has 0 aliphatic rings. The quantitative estimate of drug-likeness (QED) is 0.719. The van der Waals surface area contributed by atoms with E-state index in [0.717, 1.165) is 16.9 Å². The van der Waals surface area contributed by atoms with Crippen molar-refractivity contribution in [1.29, 1.82) is 0 Å². The van der Waals surface area contributed by atoms with Crippen LogP contribution in [0.25, 0.3) is 16.9 Å². The number of aromatic nitrogens is 3. The third-order valence-corrected chi connectivity index (χ3v) is 3.55. The van der Waals surface area contributed by atoms with E-state index in [2.05, 4.69) is 55.1 Å². The molecule has 3 aromatic rings. The molecule has 0 N–H and O–H groups in total. The number of methoxy groups -OCH3 is 1. The minimum atomic E-state index is 0.159. The van der Waals surface area contributed by atoms with Gasteiger partial charge in [-0.3, -0.25) is 0 Å². The van der Waals surface area contributed by atoms with Crippen molar-refractivity contribution in [2.75, 3.05) is 7.11 Å². The van der Waals surface area contributed by atoms with Crippen molar-refractivity contribution in [1.82, 2.24) is 14.6 Å². The lowest BCUT2D eigenvalue weighted by molar-refractivity contribution is 0.390. The van der Waals surface area contributed by atoms with Crippen molar-refractivity contribution in [3.63, 3.8) is 0 Å². The van der Waals surface area contributed by atoms with Gasteiger partial charge in [0, 0.05) is 11.6 Å². The molecular weight excluding hydrogens is 262 g/mol. The molecule has 2 aromatic heterocycles. The van der Waals surface area contributed by atoms with Crippen LogP contribution in [0.15, 0.2) is 42.6 Å². The lowest BCUT2D eigenvalue weighted by Gasteiger charge is -2.18. The number of hydrogen-bond acceptors (Lipinski definition) is 3. The van der Waals surface area contributed by atoms with Crippen molar-refractivity contribution in [3.05, 3.63) is 48.2 Å². The van der Waals surface area contributed by atoms with Crippen molar-refractivity contribution in [2.24, 2.45) is 0 Å². The highest BCUT2D eigenvalue weighted by molar-refractivity contribution is 5.62. The van der Waals surface area contributed by atoms with Crippen molar-refractivity contribution in [3.8, 4) is 17.1 Å². The molecule has 21 heavy (non-hydrogen) atoms. The Morgan fingerprint density at radius 2 is 1.71 bits per heavy atom. The van der Waals surface area contributed by atoms with Crippen LogP contribution in [0.3, 0.4) is 0 Å². The number of fused-ring (bicyclic) bond motifs is 1. The van der Waals surface area contributed by atoms with E-state index in [-0.39, 0.29) is 5.41 Å². The van der Waals surface area contributed by atoms with Gasteiger partial charge in [-0.05, 0) is 17.0 Å². The van der Waals surface area contributed by atoms with E-state index in [4.69, 9.17) is 4.74 Å². The van der Waals surface area contributed by atoms with Crippen LogP contribution in [0, 0.1) is 0 Å². The standard InChI is InChI=1S/C17H19N3O/c1-17(2,3)13-7-5-12(6-8-13)14-11-20-15(18-14)9-10-16(19-20)21-4/h5-11H,1-4H3. The van der Waals surface area contributed by atoms with Crippen molar-refractivity contribution < 1.29 is 4.74 Å². The number of imidazole rings is 1. The second-order valence-electron chi connectivity index (χ2n) is 6.13. The van der Waals surface area contributed by atoms with Gasteiger partial charge in [0.05, 0.1) is 19.0 Å². The molecule has 2 heterocycles. The number of hydrogen-bond donors (Lipinski definition) is 0. The van der Waals surface area contributed by atoms with Gasteiger partial charge in [0.2, 0.25) is 5.88 Å². The summed E-state index contributed by atoms with van der Waals surface area (Å²) in [6, 6.07) is 12.3. The molecule has 0 bridgehead atoms. The molecule has 0 atom stereocenters. The third kappa shape index (κ3) is 2.61. The SMILES string of the molecule is COc1ccc2nc(-c3ccc(C(C)(C)C)cc3)cn2n1. The molecule has 0 unspecified atom stereocenters. The molecule has 0 amide bonds. The predicted octanol–water partition coefficient (Wildman–Crippen LogP) is 3.70. The normalized spacial score (nSPS) is 11.8. The maximum atomic E-state index is 5.13. The molecule has 1 aromatic carbocycles. The molecule has 0 saturated carbocycles. The van der Waals surface area contributed by atoms with Crippen LogP contribution in [-0.2, 0) is 5.41 Å². The Balaban J connectivity index is 2.00. The Labute approximate surface area is 124 Å². The minimum Gasteiger partial charge on any atom is -0.480 e. The van der Waals surface area contributed by atoms with Gasteiger partial charge in [0.1, 0.15) is 0 Å². The van der Waals surface area contributed by atoms with Crippen LogP contribution >= 0.6 is 0 Å². The highest BCUT2D eigenvalue weighted by Gasteiger charge is 2.13. The molecule has 0 saturated heterocycles. The summed E-state index contributed by atoms with van der Waals surface area (Å²) in [6.07, 6.45) is 1.92. The molecule has 4 heteroatoms. The molecular formula is C17H19N3O. The number of nitrogens with zero attached hydrogens (tertiary/aromatic N) is 3. The summed E-state index contributed by atoms with van der Waals surface area (Å²) in [5.41, 5.74) is 4.29. The van der Waals surface area contributed by atoms with E-state index in [1.807, 2.05) is 18.3 Å². The molecule has 3 rings (SSSR count). The molecule has 4 nitrogen and oxygen atoms in total. The summed E-state index contributed by atoms with van der Waals surface area (Å²) in [5.74, 6) is 0.578. The van der Waals surface area contributed by atoms with Crippen molar-refractivity contribution >= 4 is 5.65 Å². The average molecular weight is 281 g/mol. The van der Waals surface area contributed by atoms with Gasteiger partial charge < -0.3 is 4.74 Å². The zero-order chi connectivity index (χ0) is 15.0. The Hall–Kier alpha value is -2.36. The topological polar surface area (TPSA) is 39.4 Å². The Morgan fingerprint density at radius 1 is 1.00 bits per heavy atom. The summed E-state index contributed by atoms with van der Waals surface area (Å²) in [7, 11) is 1.61. The van der Waals surface area contributed by atoms with Crippen LogP contribution in [0.4, 0.5) is 0 Å². The molecule has 0 radical (unpaired) electrons. The van der Waals surface area contributed by atoms with Gasteiger partial charge in [0.25, 0.3) is 0 Å². The van der Waals surface area contributed by atoms with Crippen LogP contribution in [0.2, 0.25) is 0 Å². The molecule has 0 fully saturated rings. The van der Waals surface area contributed by atoms with E-state index >= 15 is 0 Å². The first-order chi connectivity index (χ1) is 9.97. The van der Waals surface area contributed by atoms with Crippen LogP contribution in [0.1, 0.15) is 26.3 Å². The van der Waals surface area contributed by atoms with Gasteiger partial charge in [0.15, 0.2) is 5.65 Å². The van der Waals surface area contributed by atoms with Gasteiger partial charge in [-0.2, -0.15) is 0 Å². The smallest absolute Gasteiger partial charge is 0.231 e. The van der Waals surface area contributed by atoms with Crippen LogP contribution in [0.5, 0.6) is 5.88 Å². The summed E-state index contributed by atoms with van der Waals surface area (Å²) in [4.78, 5) is 4.60. The van der Waals surface area contributed by atoms with Gasteiger partial charge in [-0.1, -0.05) is 45.0 Å². The highest BCUT2D eigenvalue weighted by Crippen LogP contribution is 2.26. The molecule has 0 aliphatic heterocycles. The average Bonchev–Trinajstić information content (AvgIpc) is 2.89. The second-order valence-corrected chi connectivity index (χ2v) is 6.13. The fourth-order valence-corrected chi connectivity index (χ4v) is 2.25. The number of ether oxygens (including phenoxy) is 1. The number of benzene rings is 1. The van der Waals surface area contributed by atoms with E-state index in [0.29, 0.717) is 5.88 Å². The lowest BCUT2D eigenvalue weighted by Crippen LogP contribution is -2.10. The first-order valence-corrected chi connectivity index (χ1v) is 6.99. The molecule has 0 spiro atoms. The summed E-state index contributed by atoms with van der Waals surface area (Å²) in [5, 5.41) is 4.33. The minimum absolute atomic E-state index is 0.159. The Morgan fingerprint density at radius 3 is 2.33 bits per heavy atom. The fraction of sp³-hybridized carbons (Fsp3) is 0.294. The third-order valence-electron chi connectivity index (χ3n) is 3.55. The van der Waals surface area contributed by atoms with E-state index < -0.39 is 0 Å². The first kappa shape index (κ1) is 13.6. The fourth-order valence-electron chi connectivity index (χ4n) is 2.25. The van der Waals surface area contributed by atoms with Crippen LogP contribution < -0.4 is 4.74 Å². The lowest BCUT2D eigenvalue weighted by atomic mass is 9.86. The zero-order valence-corrected chi connectivity index (χ0v) is 12.8. The summed E-state index contributed by atoms with van der Waals surface area (Å²) >= 11 is 0. The van der Waals surface area contributed by atoms with Crippen molar-refractivity contribution in [2.45, 2.75) is 26.2 Å². The zero-order valence-electron chi connectivity index (χ0n) is 12.8. The van der Waals surface area contributed by atoms with E-state index in [9.17, 15) is 0 Å². The maximum Gasteiger partial charge on any atom is 0.231 e. The van der Waals surface area contributed by atoms with E-state index in [1.54, 1.807) is 11.6 Å². The number of rotatable bonds is 2. The van der Waals surface area contributed by atoms with Gasteiger partial charge in [-0.15, -0.1) is 5.10 Å². The maximum absolute atomic E-state index is 5.13. The van der Waals surface area contributed by atoms with Gasteiger partial charge in [-0.25, -0.2) is 9.50 Å². The Kier molecular flexibility index (Phi) is 3.16. The van der Waals surface area contributed by atoms with Gasteiger partial charge >= 0.3 is 0 Å². The van der Waals surface area contributed by atoms with E-state index in [1.165, 1.54) is 5.56 Å². The summed E-state index contributed by atoms with van der Waals surface area (Å²) < 4.78 is 6.87. The molecule has 108 valence electrons.